The first-order valence-electron chi connectivity index (χ1n) is 12.5. The third kappa shape index (κ3) is 11.3. The molecule has 0 N–H and O–H groups in total. The van der Waals surface area contributed by atoms with E-state index in [0.29, 0.717) is 10.5 Å². The van der Waals surface area contributed by atoms with E-state index in [0.717, 1.165) is 25.8 Å². The molecule has 0 spiro atoms. The minimum atomic E-state index is 0.669. The molecule has 4 heteroatoms. The van der Waals surface area contributed by atoms with Gasteiger partial charge in [-0.25, -0.2) is 0 Å². The van der Waals surface area contributed by atoms with Crippen molar-refractivity contribution in [1.82, 2.24) is 0 Å². The van der Waals surface area contributed by atoms with Gasteiger partial charge in [-0.3, -0.25) is 0 Å². The van der Waals surface area contributed by atoms with Crippen molar-refractivity contribution in [2.24, 2.45) is 0 Å². The van der Waals surface area contributed by atoms with E-state index < -0.39 is 0 Å². The van der Waals surface area contributed by atoms with Crippen LogP contribution in [0.5, 0.6) is 0 Å². The average molecular weight is 473 g/mol. The fourth-order valence-corrected chi connectivity index (χ4v) is 5.61. The van der Waals surface area contributed by atoms with Crippen LogP contribution < -0.4 is 0 Å². The Balaban J connectivity index is 0.992. The fraction of sp³-hybridized carbons (Fsp3) is 0.571. The molecule has 1 fully saturated rings. The highest BCUT2D eigenvalue weighted by Crippen LogP contribution is 2.54. The number of thioether (sulfide) groups is 2. The summed E-state index contributed by atoms with van der Waals surface area (Å²) in [6, 6.07) is 21.3. The van der Waals surface area contributed by atoms with Gasteiger partial charge in [-0.15, -0.1) is 11.8 Å². The SMILES string of the molecule is c1ccc(SCOCCCCCCCCCCCCOC[C@H]2SC2c2ccccc2)cc1. The van der Waals surface area contributed by atoms with Crippen molar-refractivity contribution in [2.45, 2.75) is 79.6 Å². The summed E-state index contributed by atoms with van der Waals surface area (Å²) in [4.78, 5) is 1.29. The second kappa shape index (κ2) is 16.6. The maximum Gasteiger partial charge on any atom is 0.0966 e. The van der Waals surface area contributed by atoms with Gasteiger partial charge < -0.3 is 9.47 Å². The Morgan fingerprint density at radius 1 is 0.625 bits per heavy atom. The number of rotatable bonds is 19. The zero-order chi connectivity index (χ0) is 22.1. The zero-order valence-electron chi connectivity index (χ0n) is 19.5. The molecule has 3 rings (SSSR count). The van der Waals surface area contributed by atoms with Crippen molar-refractivity contribution in [3.05, 3.63) is 66.2 Å². The van der Waals surface area contributed by atoms with E-state index in [-0.39, 0.29) is 0 Å². The van der Waals surface area contributed by atoms with Gasteiger partial charge in [0.25, 0.3) is 0 Å². The largest absolute Gasteiger partial charge is 0.380 e. The highest BCUT2D eigenvalue weighted by molar-refractivity contribution is 8.07. The van der Waals surface area contributed by atoms with Crippen molar-refractivity contribution in [3.8, 4) is 0 Å². The number of ether oxygens (including phenoxy) is 2. The number of hydrogen-bond acceptors (Lipinski definition) is 4. The first-order valence-corrected chi connectivity index (χ1v) is 14.4. The van der Waals surface area contributed by atoms with Gasteiger partial charge in [-0.1, -0.05) is 112 Å². The molecule has 1 unspecified atom stereocenters. The standard InChI is InChI=1S/C28H40O2S2/c1(2-4-6-8-16-22-30-24-31-26-19-13-10-14-20-26)3-5-7-15-21-29-23-27-28(32-27)25-17-11-9-12-18-25/h9-14,17-20,27-28H,1-8,15-16,21-24H2/t27-,28?/m1/s1. The summed E-state index contributed by atoms with van der Waals surface area (Å²) < 4.78 is 11.6. The molecule has 1 aliphatic rings. The number of hydrogen-bond donors (Lipinski definition) is 0. The Morgan fingerprint density at radius 3 is 1.78 bits per heavy atom. The van der Waals surface area contributed by atoms with Gasteiger partial charge in [0.1, 0.15) is 0 Å². The predicted octanol–water partition coefficient (Wildman–Crippen LogP) is 8.53. The van der Waals surface area contributed by atoms with E-state index in [1.54, 1.807) is 11.8 Å². The smallest absolute Gasteiger partial charge is 0.0966 e. The first kappa shape index (κ1) is 25.7. The van der Waals surface area contributed by atoms with Crippen LogP contribution in [0.3, 0.4) is 0 Å². The van der Waals surface area contributed by atoms with Crippen LogP contribution in [0, 0.1) is 0 Å². The molecule has 1 aliphatic heterocycles. The summed E-state index contributed by atoms with van der Waals surface area (Å²) in [5.41, 5.74) is 1.46. The van der Waals surface area contributed by atoms with Crippen molar-refractivity contribution < 1.29 is 9.47 Å². The third-order valence-corrected chi connectivity index (χ3v) is 8.10. The van der Waals surface area contributed by atoms with E-state index in [1.165, 1.54) is 74.7 Å². The Labute approximate surface area is 204 Å². The maximum absolute atomic E-state index is 5.91. The monoisotopic (exact) mass is 472 g/mol. The molecule has 32 heavy (non-hydrogen) atoms. The van der Waals surface area contributed by atoms with Gasteiger partial charge in [-0.05, 0) is 30.5 Å². The summed E-state index contributed by atoms with van der Waals surface area (Å²) in [6.07, 6.45) is 13.3. The van der Waals surface area contributed by atoms with E-state index in [2.05, 4.69) is 60.7 Å². The van der Waals surface area contributed by atoms with Crippen LogP contribution in [0.15, 0.2) is 65.6 Å². The van der Waals surface area contributed by atoms with Gasteiger partial charge in [-0.2, -0.15) is 0 Å². The minimum absolute atomic E-state index is 0.669. The van der Waals surface area contributed by atoms with E-state index in [4.69, 9.17) is 9.47 Å². The molecule has 0 radical (unpaired) electrons. The predicted molar refractivity (Wildman–Crippen MR) is 141 cm³/mol. The summed E-state index contributed by atoms with van der Waals surface area (Å²) in [5, 5.41) is 1.35. The topological polar surface area (TPSA) is 18.5 Å². The quantitative estimate of drug-likeness (QED) is 0.0882. The number of benzene rings is 2. The van der Waals surface area contributed by atoms with Crippen molar-refractivity contribution in [3.63, 3.8) is 0 Å². The van der Waals surface area contributed by atoms with Crippen molar-refractivity contribution in [2.75, 3.05) is 25.8 Å². The van der Waals surface area contributed by atoms with Crippen LogP contribution >= 0.6 is 23.5 Å². The lowest BCUT2D eigenvalue weighted by atomic mass is 10.1. The molecule has 0 bridgehead atoms. The molecule has 0 aromatic heterocycles. The second-order valence-corrected chi connectivity index (χ2v) is 11.0. The highest BCUT2D eigenvalue weighted by atomic mass is 32.2. The molecule has 2 atom stereocenters. The first-order chi connectivity index (χ1) is 15.9. The fourth-order valence-electron chi connectivity index (χ4n) is 3.91. The zero-order valence-corrected chi connectivity index (χ0v) is 21.1. The molecular weight excluding hydrogens is 432 g/mol. The molecule has 176 valence electrons. The molecule has 0 amide bonds. The Morgan fingerprint density at radius 2 is 1.16 bits per heavy atom. The summed E-state index contributed by atoms with van der Waals surface area (Å²) in [7, 11) is 0. The van der Waals surface area contributed by atoms with Crippen LogP contribution in [0.25, 0.3) is 0 Å². The Kier molecular flexibility index (Phi) is 13.4. The van der Waals surface area contributed by atoms with Gasteiger partial charge in [0.15, 0.2) is 0 Å². The van der Waals surface area contributed by atoms with E-state index >= 15 is 0 Å². The van der Waals surface area contributed by atoms with E-state index in [9.17, 15) is 0 Å². The summed E-state index contributed by atoms with van der Waals surface area (Å²) in [6.45, 7) is 2.75. The van der Waals surface area contributed by atoms with Crippen LogP contribution in [-0.2, 0) is 9.47 Å². The molecule has 2 nitrogen and oxygen atoms in total. The minimum Gasteiger partial charge on any atom is -0.380 e. The van der Waals surface area contributed by atoms with Gasteiger partial charge in [0.05, 0.1) is 12.5 Å². The molecule has 2 aromatic carbocycles. The van der Waals surface area contributed by atoms with Crippen molar-refractivity contribution in [1.29, 1.82) is 0 Å². The normalized spacial score (nSPS) is 17.5. The van der Waals surface area contributed by atoms with Gasteiger partial charge in [0, 0.05) is 28.6 Å². The lowest BCUT2D eigenvalue weighted by Gasteiger charge is -2.05. The third-order valence-electron chi connectivity index (χ3n) is 5.87. The molecule has 0 saturated carbocycles. The van der Waals surface area contributed by atoms with Crippen LogP contribution in [0.2, 0.25) is 0 Å². The average Bonchev–Trinajstić information content (AvgIpc) is 3.62. The second-order valence-electron chi connectivity index (χ2n) is 8.60. The molecule has 1 heterocycles. The molecular formula is C28H40O2S2. The highest BCUT2D eigenvalue weighted by Gasteiger charge is 2.39. The van der Waals surface area contributed by atoms with E-state index in [1.807, 2.05) is 11.8 Å². The van der Waals surface area contributed by atoms with Gasteiger partial charge in [0.2, 0.25) is 0 Å². The maximum atomic E-state index is 5.91. The Hall–Kier alpha value is -0.940. The molecule has 2 aromatic rings. The van der Waals surface area contributed by atoms with Crippen LogP contribution in [-0.4, -0.2) is 31.0 Å². The lowest BCUT2D eigenvalue weighted by molar-refractivity contribution is 0.135. The summed E-state index contributed by atoms with van der Waals surface area (Å²) >= 11 is 3.82. The Bertz CT molecular complexity index is 695. The number of unbranched alkanes of at least 4 members (excludes halogenated alkanes) is 9. The molecule has 1 saturated heterocycles. The van der Waals surface area contributed by atoms with Crippen molar-refractivity contribution >= 4 is 23.5 Å². The molecule has 0 aliphatic carbocycles. The lowest BCUT2D eigenvalue weighted by Crippen LogP contribution is -2.03. The van der Waals surface area contributed by atoms with Gasteiger partial charge >= 0.3 is 0 Å². The van der Waals surface area contributed by atoms with Crippen LogP contribution in [0.1, 0.15) is 75.0 Å². The van der Waals surface area contributed by atoms with Crippen LogP contribution in [0.4, 0.5) is 0 Å². The summed E-state index contributed by atoms with van der Waals surface area (Å²) in [5.74, 6) is 0.767.